The van der Waals surface area contributed by atoms with Gasteiger partial charge in [0, 0.05) is 24.2 Å². The maximum atomic E-state index is 13.3. The quantitative estimate of drug-likeness (QED) is 0.411. The van der Waals surface area contributed by atoms with Gasteiger partial charge in [0.2, 0.25) is 0 Å². The van der Waals surface area contributed by atoms with Crippen molar-refractivity contribution in [2.75, 3.05) is 0 Å². The van der Waals surface area contributed by atoms with Crippen LogP contribution in [0.25, 0.3) is 5.78 Å². The third kappa shape index (κ3) is 4.76. The summed E-state index contributed by atoms with van der Waals surface area (Å²) in [5, 5.41) is 16.6. The molecule has 0 spiro atoms. The van der Waals surface area contributed by atoms with Gasteiger partial charge in [0.05, 0.1) is 15.6 Å². The largest absolute Gasteiger partial charge is 0.512 e. The van der Waals surface area contributed by atoms with E-state index in [1.54, 1.807) is 10.6 Å². The number of aryl methyl sites for hydroxylation is 3. The van der Waals surface area contributed by atoms with Crippen molar-refractivity contribution < 1.29 is 14.6 Å². The average Bonchev–Trinajstić information content (AvgIpc) is 3.48. The van der Waals surface area contributed by atoms with Crippen molar-refractivity contribution in [1.29, 1.82) is 0 Å². The second-order valence-electron chi connectivity index (χ2n) is 9.74. The lowest BCUT2D eigenvalue weighted by Crippen LogP contribution is -2.46. The lowest BCUT2D eigenvalue weighted by atomic mass is 9.76. The predicted molar refractivity (Wildman–Crippen MR) is 134 cm³/mol. The molecule has 0 bridgehead atoms. The number of aliphatic hydroxyl groups excluding tert-OH is 1. The molecule has 1 unspecified atom stereocenters. The number of esters is 1. The molecule has 7 nitrogen and oxygen atoms in total. The van der Waals surface area contributed by atoms with E-state index in [1.165, 1.54) is 0 Å². The van der Waals surface area contributed by atoms with Gasteiger partial charge in [0.15, 0.2) is 5.82 Å². The van der Waals surface area contributed by atoms with Gasteiger partial charge in [-0.3, -0.25) is 0 Å². The van der Waals surface area contributed by atoms with E-state index in [1.807, 2.05) is 32.0 Å². The second kappa shape index (κ2) is 9.43. The standard InChI is InChI=1S/C26H28Cl2N4O3/c1-15-11-16(2)32-25(29-15)30-23(31-32)13-19-22(33)14-26(35-24(19)34,18-5-3-4-6-18)10-9-17-7-8-20(27)21(28)12-17/h7-8,11-12,18,33H,3-6,9-10,13-14H2,1-2H3. The van der Waals surface area contributed by atoms with Crippen LogP contribution in [0.4, 0.5) is 0 Å². The Kier molecular flexibility index (Phi) is 6.49. The van der Waals surface area contributed by atoms with Gasteiger partial charge in [0.1, 0.15) is 11.4 Å². The van der Waals surface area contributed by atoms with Gasteiger partial charge in [-0.25, -0.2) is 14.3 Å². The molecule has 0 radical (unpaired) electrons. The molecule has 0 saturated heterocycles. The van der Waals surface area contributed by atoms with Crippen LogP contribution in [-0.2, 0) is 22.4 Å². The lowest BCUT2D eigenvalue weighted by Gasteiger charge is -2.41. The minimum absolute atomic E-state index is 0.0713. The van der Waals surface area contributed by atoms with E-state index in [2.05, 4.69) is 15.1 Å². The van der Waals surface area contributed by atoms with E-state index in [0.29, 0.717) is 40.9 Å². The Labute approximate surface area is 214 Å². The normalized spacial score (nSPS) is 21.2. The van der Waals surface area contributed by atoms with Crippen molar-refractivity contribution in [3.63, 3.8) is 0 Å². The van der Waals surface area contributed by atoms with Crippen LogP contribution < -0.4 is 0 Å². The number of cyclic esters (lactones) is 1. The minimum atomic E-state index is -0.741. The molecule has 1 fully saturated rings. The molecular formula is C26H28Cl2N4O3. The summed E-state index contributed by atoms with van der Waals surface area (Å²) in [6.07, 6.45) is 5.83. The number of ether oxygens (including phenoxy) is 1. The third-order valence-electron chi connectivity index (χ3n) is 7.27. The number of aromatic nitrogens is 4. The molecule has 184 valence electrons. The van der Waals surface area contributed by atoms with Crippen LogP contribution in [-0.4, -0.2) is 36.3 Å². The van der Waals surface area contributed by atoms with Gasteiger partial charge in [-0.1, -0.05) is 42.1 Å². The molecule has 1 N–H and O–H groups in total. The van der Waals surface area contributed by atoms with Gasteiger partial charge in [0.25, 0.3) is 5.78 Å². The highest BCUT2D eigenvalue weighted by Crippen LogP contribution is 2.46. The summed E-state index contributed by atoms with van der Waals surface area (Å²) < 4.78 is 7.86. The second-order valence-corrected chi connectivity index (χ2v) is 10.6. The van der Waals surface area contributed by atoms with E-state index in [4.69, 9.17) is 27.9 Å². The zero-order valence-corrected chi connectivity index (χ0v) is 21.4. The SMILES string of the molecule is Cc1cc(C)n2nc(CC3=C(O)CC(CCc4ccc(Cl)c(Cl)c4)(C4CCCC4)OC3=O)nc2n1. The Morgan fingerprint density at radius 3 is 2.63 bits per heavy atom. The van der Waals surface area contributed by atoms with E-state index < -0.39 is 11.6 Å². The molecule has 1 aliphatic heterocycles. The summed E-state index contributed by atoms with van der Waals surface area (Å²) in [5.74, 6) is 0.690. The Morgan fingerprint density at radius 1 is 1.14 bits per heavy atom. The molecule has 2 aliphatic rings. The molecule has 1 aromatic carbocycles. The van der Waals surface area contributed by atoms with Crippen molar-refractivity contribution >= 4 is 34.9 Å². The van der Waals surface area contributed by atoms with Crippen LogP contribution in [0, 0.1) is 19.8 Å². The Balaban J connectivity index is 1.41. The molecule has 35 heavy (non-hydrogen) atoms. The first kappa shape index (κ1) is 24.1. The van der Waals surface area contributed by atoms with Gasteiger partial charge >= 0.3 is 5.97 Å². The first-order valence-corrected chi connectivity index (χ1v) is 12.8. The molecule has 1 saturated carbocycles. The van der Waals surface area contributed by atoms with E-state index in [9.17, 15) is 9.90 Å². The molecule has 0 amide bonds. The number of halogens is 2. The van der Waals surface area contributed by atoms with E-state index in [0.717, 1.165) is 42.6 Å². The van der Waals surface area contributed by atoms with Gasteiger partial charge < -0.3 is 9.84 Å². The fourth-order valence-corrected chi connectivity index (χ4v) is 5.80. The summed E-state index contributed by atoms with van der Waals surface area (Å²) in [6, 6.07) is 7.49. The zero-order valence-electron chi connectivity index (χ0n) is 19.9. The number of hydrogen-bond acceptors (Lipinski definition) is 6. The topological polar surface area (TPSA) is 89.6 Å². The van der Waals surface area contributed by atoms with Crippen LogP contribution in [0.2, 0.25) is 10.0 Å². The number of hydrogen-bond donors (Lipinski definition) is 1. The number of carbonyl (C=O) groups excluding carboxylic acids is 1. The zero-order chi connectivity index (χ0) is 24.7. The van der Waals surface area contributed by atoms with E-state index in [-0.39, 0.29) is 23.7 Å². The van der Waals surface area contributed by atoms with Crippen LogP contribution in [0.3, 0.4) is 0 Å². The number of benzene rings is 1. The van der Waals surface area contributed by atoms with Crippen molar-refractivity contribution in [2.45, 2.75) is 70.8 Å². The molecular weight excluding hydrogens is 487 g/mol. The maximum Gasteiger partial charge on any atom is 0.338 e. The number of rotatable bonds is 6. The minimum Gasteiger partial charge on any atom is -0.512 e. The van der Waals surface area contributed by atoms with Crippen molar-refractivity contribution in [3.05, 3.63) is 68.4 Å². The molecule has 3 aromatic rings. The highest BCUT2D eigenvalue weighted by Gasteiger charge is 2.48. The van der Waals surface area contributed by atoms with Crippen LogP contribution >= 0.6 is 23.2 Å². The van der Waals surface area contributed by atoms with Gasteiger partial charge in [-0.15, -0.1) is 5.10 Å². The molecule has 9 heteroatoms. The van der Waals surface area contributed by atoms with Gasteiger partial charge in [-0.05, 0) is 69.2 Å². The van der Waals surface area contributed by atoms with Gasteiger partial charge in [-0.2, -0.15) is 4.98 Å². The Hall–Kier alpha value is -2.64. The first-order chi connectivity index (χ1) is 16.7. The number of carbonyl (C=O) groups is 1. The van der Waals surface area contributed by atoms with Crippen molar-refractivity contribution in [2.24, 2.45) is 5.92 Å². The Morgan fingerprint density at radius 2 is 1.91 bits per heavy atom. The number of nitrogens with zero attached hydrogens (tertiary/aromatic N) is 4. The smallest absolute Gasteiger partial charge is 0.338 e. The fraction of sp³-hybridized carbons (Fsp3) is 0.462. The summed E-state index contributed by atoms with van der Waals surface area (Å²) in [7, 11) is 0. The highest BCUT2D eigenvalue weighted by atomic mass is 35.5. The summed E-state index contributed by atoms with van der Waals surface area (Å²) in [5.41, 5.74) is 2.25. The molecule has 1 atom stereocenters. The van der Waals surface area contributed by atoms with Crippen LogP contribution in [0.1, 0.15) is 61.3 Å². The van der Waals surface area contributed by atoms with Crippen molar-refractivity contribution in [1.82, 2.24) is 19.6 Å². The number of aliphatic hydroxyl groups is 1. The predicted octanol–water partition coefficient (Wildman–Crippen LogP) is 5.91. The summed E-state index contributed by atoms with van der Waals surface area (Å²) in [6.45, 7) is 3.82. The molecule has 1 aliphatic carbocycles. The maximum absolute atomic E-state index is 13.3. The summed E-state index contributed by atoms with van der Waals surface area (Å²) >= 11 is 12.3. The molecule has 3 heterocycles. The monoisotopic (exact) mass is 514 g/mol. The lowest BCUT2D eigenvalue weighted by molar-refractivity contribution is -0.167. The van der Waals surface area contributed by atoms with Crippen molar-refractivity contribution in [3.8, 4) is 0 Å². The highest BCUT2D eigenvalue weighted by molar-refractivity contribution is 6.42. The first-order valence-electron chi connectivity index (χ1n) is 12.0. The average molecular weight is 515 g/mol. The molecule has 5 rings (SSSR count). The van der Waals surface area contributed by atoms with E-state index >= 15 is 0 Å². The number of fused-ring (bicyclic) bond motifs is 1. The molecule has 2 aromatic heterocycles. The summed E-state index contributed by atoms with van der Waals surface area (Å²) in [4.78, 5) is 22.1. The van der Waals surface area contributed by atoms with Crippen LogP contribution in [0.5, 0.6) is 0 Å². The Bertz CT molecular complexity index is 1330. The van der Waals surface area contributed by atoms with Crippen LogP contribution in [0.15, 0.2) is 35.6 Å². The third-order valence-corrected chi connectivity index (χ3v) is 8.01. The fourth-order valence-electron chi connectivity index (χ4n) is 5.48.